The van der Waals surface area contributed by atoms with Crippen molar-refractivity contribution in [2.24, 2.45) is 0 Å². The van der Waals surface area contributed by atoms with Gasteiger partial charge in [0, 0.05) is 24.0 Å². The van der Waals surface area contributed by atoms with Crippen LogP contribution >= 0.6 is 11.3 Å². The van der Waals surface area contributed by atoms with Crippen LogP contribution in [0.5, 0.6) is 0 Å². The lowest BCUT2D eigenvalue weighted by molar-refractivity contribution is -0.116. The Morgan fingerprint density at radius 2 is 1.72 bits per heavy atom. The average Bonchev–Trinajstić information content (AvgIpc) is 3.20. The fraction of sp³-hybridized carbons (Fsp3) is 0.560. The second-order valence-corrected chi connectivity index (χ2v) is 8.96. The van der Waals surface area contributed by atoms with Crippen molar-refractivity contribution in [1.82, 2.24) is 14.8 Å². The van der Waals surface area contributed by atoms with Gasteiger partial charge in [0.2, 0.25) is 5.91 Å². The van der Waals surface area contributed by atoms with E-state index in [4.69, 9.17) is 0 Å². The molecule has 0 spiro atoms. The topological polar surface area (TPSA) is 65.5 Å². The van der Waals surface area contributed by atoms with E-state index in [2.05, 4.69) is 36.0 Å². The molecule has 0 saturated heterocycles. The predicted molar refractivity (Wildman–Crippen MR) is 133 cm³/mol. The molecule has 2 amide bonds. The fourth-order valence-electron chi connectivity index (χ4n) is 3.55. The highest BCUT2D eigenvalue weighted by Gasteiger charge is 2.20. The molecule has 0 saturated carbocycles. The van der Waals surface area contributed by atoms with E-state index in [1.54, 1.807) is 4.90 Å². The molecule has 2 rings (SSSR count). The van der Waals surface area contributed by atoms with Crippen LogP contribution in [0.3, 0.4) is 0 Å². The molecule has 0 aliphatic carbocycles. The summed E-state index contributed by atoms with van der Waals surface area (Å²) in [6.45, 7) is 11.4. The van der Waals surface area contributed by atoms with Crippen molar-refractivity contribution in [2.75, 3.05) is 38.0 Å². The van der Waals surface area contributed by atoms with Gasteiger partial charge in [-0.1, -0.05) is 52.2 Å². The number of nitrogens with zero attached hydrogens (tertiary/aromatic N) is 3. The second kappa shape index (κ2) is 14.0. The number of anilines is 1. The highest BCUT2D eigenvalue weighted by molar-refractivity contribution is 7.13. The Morgan fingerprint density at radius 3 is 2.31 bits per heavy atom. The summed E-state index contributed by atoms with van der Waals surface area (Å²) in [5.41, 5.74) is 2.75. The summed E-state index contributed by atoms with van der Waals surface area (Å²) in [6, 6.07) is 7.87. The number of hydrogen-bond acceptors (Lipinski definition) is 5. The Balaban J connectivity index is 2.04. The van der Waals surface area contributed by atoms with Crippen molar-refractivity contribution in [3.05, 3.63) is 46.5 Å². The molecule has 1 heterocycles. The molecule has 0 bridgehead atoms. The molecule has 7 heteroatoms. The highest BCUT2D eigenvalue weighted by atomic mass is 32.1. The van der Waals surface area contributed by atoms with Crippen molar-refractivity contribution < 1.29 is 9.59 Å². The first kappa shape index (κ1) is 26.0. The first-order chi connectivity index (χ1) is 15.5. The highest BCUT2D eigenvalue weighted by Crippen LogP contribution is 2.15. The standard InChI is InChI=1S/C25H38N4O2S/c1-5-8-9-10-11-21-12-14-22(15-13-21)24(31)29(17-16-28(6-2)7-3)18-23(30)27-25-26-20(4)19-32-25/h12-15,19H,5-11,16-18H2,1-4H3,(H,26,27,30). The third-order valence-electron chi connectivity index (χ3n) is 5.59. The minimum absolute atomic E-state index is 0.0114. The van der Waals surface area contributed by atoms with Gasteiger partial charge in [0.15, 0.2) is 5.13 Å². The van der Waals surface area contributed by atoms with Crippen molar-refractivity contribution in [1.29, 1.82) is 0 Å². The molecule has 0 atom stereocenters. The average molecular weight is 459 g/mol. The van der Waals surface area contributed by atoms with Gasteiger partial charge in [-0.2, -0.15) is 0 Å². The van der Waals surface area contributed by atoms with Gasteiger partial charge in [-0.25, -0.2) is 4.98 Å². The van der Waals surface area contributed by atoms with E-state index in [1.165, 1.54) is 42.6 Å². The first-order valence-corrected chi connectivity index (χ1v) is 12.7. The van der Waals surface area contributed by atoms with Gasteiger partial charge in [-0.15, -0.1) is 11.3 Å². The zero-order valence-corrected chi connectivity index (χ0v) is 20.8. The molecule has 176 valence electrons. The van der Waals surface area contributed by atoms with Crippen LogP contribution in [0.2, 0.25) is 0 Å². The fourth-order valence-corrected chi connectivity index (χ4v) is 4.25. The number of carbonyl (C=O) groups is 2. The van der Waals surface area contributed by atoms with E-state index in [9.17, 15) is 9.59 Å². The maximum absolute atomic E-state index is 13.3. The molecule has 0 unspecified atom stereocenters. The van der Waals surface area contributed by atoms with E-state index in [-0.39, 0.29) is 18.4 Å². The summed E-state index contributed by atoms with van der Waals surface area (Å²) < 4.78 is 0. The van der Waals surface area contributed by atoms with E-state index in [0.29, 0.717) is 17.2 Å². The van der Waals surface area contributed by atoms with Crippen LogP contribution < -0.4 is 5.32 Å². The number of unbranched alkanes of at least 4 members (excludes halogenated alkanes) is 3. The molecule has 0 fully saturated rings. The van der Waals surface area contributed by atoms with Crippen LogP contribution in [0, 0.1) is 6.92 Å². The van der Waals surface area contributed by atoms with Crippen molar-refractivity contribution in [3.63, 3.8) is 0 Å². The SMILES string of the molecule is CCCCCCc1ccc(C(=O)N(CCN(CC)CC)CC(=O)Nc2nc(C)cs2)cc1. The number of thiazole rings is 1. The van der Waals surface area contributed by atoms with Gasteiger partial charge in [-0.05, 0) is 50.6 Å². The van der Waals surface area contributed by atoms with Gasteiger partial charge in [0.25, 0.3) is 5.91 Å². The molecule has 1 N–H and O–H groups in total. The number of aryl methyl sites for hydroxylation is 2. The summed E-state index contributed by atoms with van der Waals surface area (Å²) in [4.78, 5) is 34.1. The van der Waals surface area contributed by atoms with Gasteiger partial charge >= 0.3 is 0 Å². The molecular formula is C25H38N4O2S. The number of aromatic nitrogens is 1. The van der Waals surface area contributed by atoms with E-state index >= 15 is 0 Å². The number of rotatable bonds is 14. The van der Waals surface area contributed by atoms with Gasteiger partial charge in [0.05, 0.1) is 5.69 Å². The van der Waals surface area contributed by atoms with Crippen molar-refractivity contribution in [3.8, 4) is 0 Å². The Labute approximate surface area is 197 Å². The lowest BCUT2D eigenvalue weighted by Gasteiger charge is -2.26. The Bertz CT molecular complexity index is 831. The monoisotopic (exact) mass is 458 g/mol. The number of likely N-dealkylation sites (N-methyl/N-ethyl adjacent to an activating group) is 1. The molecule has 1 aromatic carbocycles. The van der Waals surface area contributed by atoms with Crippen LogP contribution in [0.25, 0.3) is 0 Å². The Kier molecular flexibility index (Phi) is 11.4. The van der Waals surface area contributed by atoms with Crippen LogP contribution in [0.1, 0.15) is 68.1 Å². The molecule has 32 heavy (non-hydrogen) atoms. The smallest absolute Gasteiger partial charge is 0.254 e. The predicted octanol–water partition coefficient (Wildman–Crippen LogP) is 5.00. The largest absolute Gasteiger partial charge is 0.328 e. The summed E-state index contributed by atoms with van der Waals surface area (Å²) >= 11 is 1.39. The third kappa shape index (κ3) is 8.71. The van der Waals surface area contributed by atoms with Gasteiger partial charge < -0.3 is 15.1 Å². The van der Waals surface area contributed by atoms with Crippen LogP contribution in [0.15, 0.2) is 29.6 Å². The zero-order valence-electron chi connectivity index (χ0n) is 20.0. The van der Waals surface area contributed by atoms with E-state index in [0.717, 1.165) is 31.7 Å². The van der Waals surface area contributed by atoms with Crippen LogP contribution in [-0.2, 0) is 11.2 Å². The lowest BCUT2D eigenvalue weighted by Crippen LogP contribution is -2.42. The zero-order chi connectivity index (χ0) is 23.3. The molecular weight excluding hydrogens is 420 g/mol. The lowest BCUT2D eigenvalue weighted by atomic mass is 10.0. The van der Waals surface area contributed by atoms with Crippen molar-refractivity contribution >= 4 is 28.3 Å². The molecule has 0 aliphatic heterocycles. The maximum Gasteiger partial charge on any atom is 0.254 e. The van der Waals surface area contributed by atoms with Crippen molar-refractivity contribution in [2.45, 2.75) is 59.8 Å². The summed E-state index contributed by atoms with van der Waals surface area (Å²) in [5.74, 6) is -0.333. The molecule has 2 aromatic rings. The second-order valence-electron chi connectivity index (χ2n) is 8.10. The third-order valence-corrected chi connectivity index (χ3v) is 6.46. The normalized spacial score (nSPS) is 11.0. The molecule has 0 aliphatic rings. The van der Waals surface area contributed by atoms with E-state index in [1.807, 2.05) is 36.6 Å². The molecule has 0 radical (unpaired) electrons. The Hall–Kier alpha value is -2.25. The number of nitrogens with one attached hydrogen (secondary N) is 1. The van der Waals surface area contributed by atoms with Gasteiger partial charge in [0.1, 0.15) is 6.54 Å². The number of benzene rings is 1. The molecule has 6 nitrogen and oxygen atoms in total. The van der Waals surface area contributed by atoms with Crippen LogP contribution in [-0.4, -0.2) is 59.3 Å². The Morgan fingerprint density at radius 1 is 1.00 bits per heavy atom. The number of hydrogen-bond donors (Lipinski definition) is 1. The van der Waals surface area contributed by atoms with Gasteiger partial charge in [-0.3, -0.25) is 9.59 Å². The quantitative estimate of drug-likeness (QED) is 0.405. The summed E-state index contributed by atoms with van der Waals surface area (Å²) in [5, 5.41) is 5.28. The number of carbonyl (C=O) groups excluding carboxylic acids is 2. The molecule has 1 aromatic heterocycles. The number of amides is 2. The minimum atomic E-state index is -0.222. The maximum atomic E-state index is 13.3. The first-order valence-electron chi connectivity index (χ1n) is 11.8. The van der Waals surface area contributed by atoms with Crippen LogP contribution in [0.4, 0.5) is 5.13 Å². The summed E-state index contributed by atoms with van der Waals surface area (Å²) in [6.07, 6.45) is 5.94. The van der Waals surface area contributed by atoms with E-state index < -0.39 is 0 Å². The summed E-state index contributed by atoms with van der Waals surface area (Å²) in [7, 11) is 0. The minimum Gasteiger partial charge on any atom is -0.328 e.